The zero-order valence-electron chi connectivity index (χ0n) is 13.1. The van der Waals surface area contributed by atoms with Gasteiger partial charge >= 0.3 is 0 Å². The summed E-state index contributed by atoms with van der Waals surface area (Å²) in [7, 11) is 1.60. The van der Waals surface area contributed by atoms with Crippen molar-refractivity contribution in [3.05, 3.63) is 88.8 Å². The number of benzene rings is 2. The zero-order valence-corrected chi connectivity index (χ0v) is 13.1. The van der Waals surface area contributed by atoms with Crippen LogP contribution in [-0.4, -0.2) is 10.5 Å². The van der Waals surface area contributed by atoms with Crippen LogP contribution in [0.4, 0.5) is 5.69 Å². The molecule has 1 amide bonds. The molecule has 120 valence electrons. The molecule has 5 heteroatoms. The van der Waals surface area contributed by atoms with Gasteiger partial charge in [0.1, 0.15) is 5.75 Å². The second-order valence-electron chi connectivity index (χ2n) is 5.23. The fourth-order valence-corrected chi connectivity index (χ4v) is 2.20. The highest BCUT2D eigenvalue weighted by atomic mass is 16.5. The van der Waals surface area contributed by atoms with Crippen molar-refractivity contribution in [2.24, 2.45) is 7.05 Å². The van der Waals surface area contributed by atoms with Crippen LogP contribution in [0.25, 0.3) is 0 Å². The predicted octanol–water partition coefficient (Wildman–Crippen LogP) is 3.43. The molecule has 1 heterocycles. The number of aryl methyl sites for hydroxylation is 1. The summed E-state index contributed by atoms with van der Waals surface area (Å²) < 4.78 is 7.18. The molecule has 0 aliphatic carbocycles. The van der Waals surface area contributed by atoms with Crippen LogP contribution in [0.1, 0.15) is 10.4 Å². The quantitative estimate of drug-likeness (QED) is 0.801. The van der Waals surface area contributed by atoms with Crippen molar-refractivity contribution >= 4 is 11.6 Å². The normalized spacial score (nSPS) is 10.2. The molecule has 0 saturated heterocycles. The Balaban J connectivity index is 1.83. The molecule has 1 aromatic heterocycles. The summed E-state index contributed by atoms with van der Waals surface area (Å²) in [5, 5.41) is 2.81. The zero-order chi connectivity index (χ0) is 16.9. The first-order valence-electron chi connectivity index (χ1n) is 7.43. The van der Waals surface area contributed by atoms with E-state index in [1.165, 1.54) is 22.9 Å². The van der Waals surface area contributed by atoms with Crippen LogP contribution >= 0.6 is 0 Å². The van der Waals surface area contributed by atoms with Crippen LogP contribution in [0, 0.1) is 0 Å². The maximum atomic E-state index is 12.4. The molecule has 0 fully saturated rings. The summed E-state index contributed by atoms with van der Waals surface area (Å²) in [4.78, 5) is 23.8. The van der Waals surface area contributed by atoms with E-state index in [1.54, 1.807) is 19.2 Å². The van der Waals surface area contributed by atoms with E-state index in [9.17, 15) is 9.59 Å². The molecule has 2 aromatic carbocycles. The van der Waals surface area contributed by atoms with E-state index in [4.69, 9.17) is 4.74 Å². The molecule has 0 aliphatic heterocycles. The Morgan fingerprint density at radius 3 is 2.42 bits per heavy atom. The molecule has 1 N–H and O–H groups in total. The summed E-state index contributed by atoms with van der Waals surface area (Å²) in [5.41, 5.74) is 0.784. The number of pyridine rings is 1. The highest BCUT2D eigenvalue weighted by molar-refractivity contribution is 6.04. The second kappa shape index (κ2) is 6.83. The maximum absolute atomic E-state index is 12.4. The number of ether oxygens (including phenoxy) is 1. The number of hydrogen-bond acceptors (Lipinski definition) is 3. The topological polar surface area (TPSA) is 60.3 Å². The third-order valence-corrected chi connectivity index (χ3v) is 3.45. The van der Waals surface area contributed by atoms with Crippen molar-refractivity contribution in [1.82, 2.24) is 4.57 Å². The number of para-hydroxylation sites is 3. The van der Waals surface area contributed by atoms with Gasteiger partial charge in [0.15, 0.2) is 5.75 Å². The van der Waals surface area contributed by atoms with Gasteiger partial charge in [-0.05, 0) is 30.3 Å². The number of carbonyl (C=O) groups is 1. The summed E-state index contributed by atoms with van der Waals surface area (Å²) in [6, 6.07) is 19.4. The summed E-state index contributed by atoms with van der Waals surface area (Å²) in [5.74, 6) is 0.915. The average molecular weight is 320 g/mol. The lowest BCUT2D eigenvalue weighted by atomic mass is 10.2. The minimum absolute atomic E-state index is 0.167. The van der Waals surface area contributed by atoms with Crippen molar-refractivity contribution in [2.75, 3.05) is 5.32 Å². The van der Waals surface area contributed by atoms with Gasteiger partial charge in [-0.3, -0.25) is 9.59 Å². The molecule has 0 bridgehead atoms. The van der Waals surface area contributed by atoms with Crippen LogP contribution in [0.2, 0.25) is 0 Å². The third kappa shape index (κ3) is 3.52. The first-order valence-corrected chi connectivity index (χ1v) is 7.43. The number of carbonyl (C=O) groups excluding carboxylic acids is 1. The fraction of sp³-hybridized carbons (Fsp3) is 0.0526. The largest absolute Gasteiger partial charge is 0.455 e. The molecule has 24 heavy (non-hydrogen) atoms. The molecule has 5 nitrogen and oxygen atoms in total. The molecular formula is C19H16N2O3. The van der Waals surface area contributed by atoms with Gasteiger partial charge in [-0.25, -0.2) is 0 Å². The SMILES string of the molecule is Cn1cc(C(=O)Nc2ccccc2Oc2ccccc2)ccc1=O. The Kier molecular flexibility index (Phi) is 4.43. The summed E-state index contributed by atoms with van der Waals surface area (Å²) in [6.07, 6.45) is 1.50. The average Bonchev–Trinajstić information content (AvgIpc) is 2.60. The van der Waals surface area contributed by atoms with Gasteiger partial charge in [0, 0.05) is 19.3 Å². The van der Waals surface area contributed by atoms with Crippen LogP contribution < -0.4 is 15.6 Å². The fourth-order valence-electron chi connectivity index (χ4n) is 2.20. The molecule has 0 aliphatic rings. The molecular weight excluding hydrogens is 304 g/mol. The van der Waals surface area contributed by atoms with E-state index in [0.717, 1.165) is 0 Å². The first kappa shape index (κ1) is 15.6. The highest BCUT2D eigenvalue weighted by Crippen LogP contribution is 2.29. The lowest BCUT2D eigenvalue weighted by molar-refractivity contribution is 0.102. The summed E-state index contributed by atoms with van der Waals surface area (Å²) in [6.45, 7) is 0. The van der Waals surface area contributed by atoms with E-state index < -0.39 is 0 Å². The number of amides is 1. The second-order valence-corrected chi connectivity index (χ2v) is 5.23. The minimum atomic E-state index is -0.310. The van der Waals surface area contributed by atoms with Gasteiger partial charge in [0.25, 0.3) is 5.91 Å². The molecule has 0 spiro atoms. The predicted molar refractivity (Wildman–Crippen MR) is 92.6 cm³/mol. The Morgan fingerprint density at radius 1 is 0.958 bits per heavy atom. The minimum Gasteiger partial charge on any atom is -0.455 e. The van der Waals surface area contributed by atoms with Crippen LogP contribution in [0.15, 0.2) is 77.7 Å². The van der Waals surface area contributed by atoms with Gasteiger partial charge in [-0.2, -0.15) is 0 Å². The number of aromatic nitrogens is 1. The van der Waals surface area contributed by atoms with Crippen molar-refractivity contribution < 1.29 is 9.53 Å². The lowest BCUT2D eigenvalue weighted by Gasteiger charge is -2.12. The van der Waals surface area contributed by atoms with Crippen molar-refractivity contribution in [1.29, 1.82) is 0 Å². The van der Waals surface area contributed by atoms with Gasteiger partial charge < -0.3 is 14.6 Å². The standard InChI is InChI=1S/C19H16N2O3/c1-21-13-14(11-12-18(21)22)19(23)20-16-9-5-6-10-17(16)24-15-7-3-2-4-8-15/h2-13H,1H3,(H,20,23). The third-order valence-electron chi connectivity index (χ3n) is 3.45. The van der Waals surface area contributed by atoms with Crippen molar-refractivity contribution in [3.8, 4) is 11.5 Å². The Labute approximate surface area is 139 Å². The first-order chi connectivity index (χ1) is 11.6. The van der Waals surface area contributed by atoms with E-state index in [2.05, 4.69) is 5.32 Å². The number of hydrogen-bond donors (Lipinski definition) is 1. The monoisotopic (exact) mass is 320 g/mol. The molecule has 0 radical (unpaired) electrons. The Morgan fingerprint density at radius 2 is 1.67 bits per heavy atom. The van der Waals surface area contributed by atoms with E-state index >= 15 is 0 Å². The molecule has 3 aromatic rings. The van der Waals surface area contributed by atoms with Crippen molar-refractivity contribution in [2.45, 2.75) is 0 Å². The van der Waals surface area contributed by atoms with E-state index in [0.29, 0.717) is 22.7 Å². The summed E-state index contributed by atoms with van der Waals surface area (Å²) >= 11 is 0. The molecule has 0 atom stereocenters. The smallest absolute Gasteiger partial charge is 0.257 e. The Bertz CT molecular complexity index is 917. The molecule has 0 unspecified atom stereocenters. The Hall–Kier alpha value is -3.34. The van der Waals surface area contributed by atoms with Crippen LogP contribution in [-0.2, 0) is 7.05 Å². The van der Waals surface area contributed by atoms with Gasteiger partial charge in [-0.15, -0.1) is 0 Å². The van der Waals surface area contributed by atoms with Crippen LogP contribution in [0.3, 0.4) is 0 Å². The van der Waals surface area contributed by atoms with Crippen LogP contribution in [0.5, 0.6) is 11.5 Å². The number of nitrogens with zero attached hydrogens (tertiary/aromatic N) is 1. The van der Waals surface area contributed by atoms with Gasteiger partial charge in [0.2, 0.25) is 5.56 Å². The van der Waals surface area contributed by atoms with E-state index in [1.807, 2.05) is 42.5 Å². The van der Waals surface area contributed by atoms with Gasteiger partial charge in [-0.1, -0.05) is 30.3 Å². The number of nitrogens with one attached hydrogen (secondary N) is 1. The number of anilines is 1. The van der Waals surface area contributed by atoms with Gasteiger partial charge in [0.05, 0.1) is 11.3 Å². The van der Waals surface area contributed by atoms with E-state index in [-0.39, 0.29) is 11.5 Å². The number of rotatable bonds is 4. The molecule has 3 rings (SSSR count). The molecule has 0 saturated carbocycles. The van der Waals surface area contributed by atoms with Crippen molar-refractivity contribution in [3.63, 3.8) is 0 Å². The highest BCUT2D eigenvalue weighted by Gasteiger charge is 2.11. The maximum Gasteiger partial charge on any atom is 0.257 e. The lowest BCUT2D eigenvalue weighted by Crippen LogP contribution is -2.19.